The van der Waals surface area contributed by atoms with E-state index in [9.17, 15) is 14.4 Å². The van der Waals surface area contributed by atoms with Gasteiger partial charge in [0, 0.05) is 18.2 Å². The fourth-order valence-corrected chi connectivity index (χ4v) is 2.56. The maximum atomic E-state index is 12.3. The summed E-state index contributed by atoms with van der Waals surface area (Å²) in [5, 5.41) is 5.33. The molecule has 0 aliphatic carbocycles. The van der Waals surface area contributed by atoms with Crippen LogP contribution in [0, 0.1) is 0 Å². The predicted octanol–water partition coefficient (Wildman–Crippen LogP) is 2.98. The van der Waals surface area contributed by atoms with Crippen LogP contribution >= 0.6 is 0 Å². The molecule has 0 fully saturated rings. The average Bonchev–Trinajstić information content (AvgIpc) is 2.56. The van der Waals surface area contributed by atoms with Gasteiger partial charge in [-0.2, -0.15) is 0 Å². The number of carbonyl (C=O) groups excluding carboxylic acids is 3. The lowest BCUT2D eigenvalue weighted by Crippen LogP contribution is -2.44. The summed E-state index contributed by atoms with van der Waals surface area (Å²) in [5.41, 5.74) is 6.44. The second-order valence-electron chi connectivity index (χ2n) is 6.24. The standard InChI is InChI=1S/C19H29N3O3/c1-3-4-5-6-7-8-9-17(18(20)24)22-19(25)15-10-12-16(13-11-15)21-14(2)23/h10-13,17H,3-9H2,1-2H3,(H2,20,24)(H,21,23)(H,22,25)/t17-/m1/s1. The van der Waals surface area contributed by atoms with Gasteiger partial charge >= 0.3 is 0 Å². The fraction of sp³-hybridized carbons (Fsp3) is 0.526. The zero-order valence-corrected chi connectivity index (χ0v) is 15.1. The fourth-order valence-electron chi connectivity index (χ4n) is 2.56. The Morgan fingerprint density at radius 3 is 2.16 bits per heavy atom. The highest BCUT2D eigenvalue weighted by molar-refractivity contribution is 5.98. The van der Waals surface area contributed by atoms with Crippen molar-refractivity contribution in [3.63, 3.8) is 0 Å². The van der Waals surface area contributed by atoms with Gasteiger partial charge in [-0.15, -0.1) is 0 Å². The minimum absolute atomic E-state index is 0.176. The lowest BCUT2D eigenvalue weighted by molar-refractivity contribution is -0.120. The molecule has 1 atom stereocenters. The summed E-state index contributed by atoms with van der Waals surface area (Å²) in [6.07, 6.45) is 7.20. The highest BCUT2D eigenvalue weighted by Gasteiger charge is 2.18. The summed E-state index contributed by atoms with van der Waals surface area (Å²) in [6.45, 7) is 3.59. The maximum absolute atomic E-state index is 12.3. The van der Waals surface area contributed by atoms with Crippen LogP contribution < -0.4 is 16.4 Å². The van der Waals surface area contributed by atoms with E-state index in [2.05, 4.69) is 17.6 Å². The normalized spacial score (nSPS) is 11.6. The molecule has 0 spiro atoms. The third kappa shape index (κ3) is 8.33. The molecule has 0 aliphatic rings. The van der Waals surface area contributed by atoms with E-state index in [0.717, 1.165) is 19.3 Å². The van der Waals surface area contributed by atoms with Gasteiger partial charge in [0.25, 0.3) is 5.91 Å². The first-order valence-electron chi connectivity index (χ1n) is 8.92. The number of amides is 3. The molecule has 0 saturated carbocycles. The van der Waals surface area contributed by atoms with Gasteiger partial charge < -0.3 is 16.4 Å². The number of nitrogens with two attached hydrogens (primary N) is 1. The van der Waals surface area contributed by atoms with Crippen molar-refractivity contribution in [2.45, 2.75) is 64.8 Å². The van der Waals surface area contributed by atoms with Gasteiger partial charge in [-0.25, -0.2) is 0 Å². The van der Waals surface area contributed by atoms with Crippen molar-refractivity contribution in [2.75, 3.05) is 5.32 Å². The molecule has 1 rings (SSSR count). The summed E-state index contributed by atoms with van der Waals surface area (Å²) >= 11 is 0. The molecule has 25 heavy (non-hydrogen) atoms. The van der Waals surface area contributed by atoms with Crippen LogP contribution in [0.4, 0.5) is 5.69 Å². The van der Waals surface area contributed by atoms with Gasteiger partial charge in [0.15, 0.2) is 0 Å². The van der Waals surface area contributed by atoms with Crippen LogP contribution in [0.1, 0.15) is 69.2 Å². The molecule has 0 bridgehead atoms. The molecule has 6 heteroatoms. The van der Waals surface area contributed by atoms with Crippen LogP contribution in [0.2, 0.25) is 0 Å². The van der Waals surface area contributed by atoms with Gasteiger partial charge in [-0.3, -0.25) is 14.4 Å². The molecule has 1 aromatic rings. The third-order valence-corrected chi connectivity index (χ3v) is 3.96. The lowest BCUT2D eigenvalue weighted by Gasteiger charge is -2.15. The number of primary amides is 1. The van der Waals surface area contributed by atoms with E-state index in [1.54, 1.807) is 24.3 Å². The van der Waals surface area contributed by atoms with Crippen LogP contribution in [0.15, 0.2) is 24.3 Å². The van der Waals surface area contributed by atoms with E-state index in [1.807, 2.05) is 0 Å². The number of unbranched alkanes of at least 4 members (excludes halogenated alkanes) is 5. The Bertz CT molecular complexity index is 570. The van der Waals surface area contributed by atoms with E-state index in [-0.39, 0.29) is 11.8 Å². The van der Waals surface area contributed by atoms with Crippen LogP contribution in [0.5, 0.6) is 0 Å². The van der Waals surface area contributed by atoms with Crippen molar-refractivity contribution >= 4 is 23.4 Å². The van der Waals surface area contributed by atoms with Crippen molar-refractivity contribution in [3.8, 4) is 0 Å². The highest BCUT2D eigenvalue weighted by Crippen LogP contribution is 2.11. The van der Waals surface area contributed by atoms with E-state index < -0.39 is 11.9 Å². The molecule has 0 saturated heterocycles. The van der Waals surface area contributed by atoms with Crippen molar-refractivity contribution in [3.05, 3.63) is 29.8 Å². The number of nitrogens with one attached hydrogen (secondary N) is 2. The largest absolute Gasteiger partial charge is 0.368 e. The number of rotatable bonds is 11. The Labute approximate surface area is 149 Å². The van der Waals surface area contributed by atoms with Crippen molar-refractivity contribution in [1.29, 1.82) is 0 Å². The molecular formula is C19H29N3O3. The third-order valence-electron chi connectivity index (χ3n) is 3.96. The minimum Gasteiger partial charge on any atom is -0.368 e. The number of anilines is 1. The molecule has 0 unspecified atom stereocenters. The number of carbonyl (C=O) groups is 3. The predicted molar refractivity (Wildman–Crippen MR) is 99.2 cm³/mol. The first kappa shape index (κ1) is 20.7. The lowest BCUT2D eigenvalue weighted by atomic mass is 10.0. The molecule has 138 valence electrons. The zero-order valence-electron chi connectivity index (χ0n) is 15.1. The molecule has 0 radical (unpaired) electrons. The van der Waals surface area contributed by atoms with Crippen LogP contribution in [-0.2, 0) is 9.59 Å². The Hall–Kier alpha value is -2.37. The summed E-state index contributed by atoms with van der Waals surface area (Å²) in [6, 6.07) is 5.83. The Morgan fingerprint density at radius 1 is 1.00 bits per heavy atom. The van der Waals surface area contributed by atoms with Crippen LogP contribution in [0.25, 0.3) is 0 Å². The van der Waals surface area contributed by atoms with Gasteiger partial charge in [0.1, 0.15) is 6.04 Å². The summed E-state index contributed by atoms with van der Waals surface area (Å²) in [5.74, 6) is -1.04. The number of hydrogen-bond acceptors (Lipinski definition) is 3. The van der Waals surface area contributed by atoms with E-state index in [1.165, 1.54) is 26.2 Å². The highest BCUT2D eigenvalue weighted by atomic mass is 16.2. The van der Waals surface area contributed by atoms with Crippen molar-refractivity contribution in [2.24, 2.45) is 5.73 Å². The van der Waals surface area contributed by atoms with Crippen molar-refractivity contribution < 1.29 is 14.4 Å². The molecule has 0 aromatic heterocycles. The number of hydrogen-bond donors (Lipinski definition) is 3. The van der Waals surface area contributed by atoms with E-state index in [0.29, 0.717) is 17.7 Å². The Morgan fingerprint density at radius 2 is 1.60 bits per heavy atom. The molecule has 0 heterocycles. The Balaban J connectivity index is 2.49. The van der Waals surface area contributed by atoms with Crippen molar-refractivity contribution in [1.82, 2.24) is 5.32 Å². The minimum atomic E-state index is -0.659. The van der Waals surface area contributed by atoms with Gasteiger partial charge in [0.05, 0.1) is 0 Å². The summed E-state index contributed by atoms with van der Waals surface area (Å²) in [4.78, 5) is 34.8. The molecule has 6 nitrogen and oxygen atoms in total. The van der Waals surface area contributed by atoms with Gasteiger partial charge in [-0.05, 0) is 30.7 Å². The second kappa shape index (κ2) is 11.2. The zero-order chi connectivity index (χ0) is 18.7. The van der Waals surface area contributed by atoms with E-state index in [4.69, 9.17) is 5.73 Å². The molecule has 4 N–H and O–H groups in total. The van der Waals surface area contributed by atoms with Crippen LogP contribution in [-0.4, -0.2) is 23.8 Å². The summed E-state index contributed by atoms with van der Waals surface area (Å²) < 4.78 is 0. The molecule has 0 aliphatic heterocycles. The first-order valence-corrected chi connectivity index (χ1v) is 8.92. The van der Waals surface area contributed by atoms with E-state index >= 15 is 0 Å². The monoisotopic (exact) mass is 347 g/mol. The van der Waals surface area contributed by atoms with Gasteiger partial charge in [-0.1, -0.05) is 45.4 Å². The first-order chi connectivity index (χ1) is 11.9. The Kier molecular flexibility index (Phi) is 9.29. The molecular weight excluding hydrogens is 318 g/mol. The van der Waals surface area contributed by atoms with Crippen LogP contribution in [0.3, 0.4) is 0 Å². The number of benzene rings is 1. The maximum Gasteiger partial charge on any atom is 0.251 e. The average molecular weight is 347 g/mol. The SMILES string of the molecule is CCCCCCCC[C@@H](NC(=O)c1ccc(NC(C)=O)cc1)C(N)=O. The smallest absolute Gasteiger partial charge is 0.251 e. The topological polar surface area (TPSA) is 101 Å². The molecule has 1 aromatic carbocycles. The quantitative estimate of drug-likeness (QED) is 0.536. The molecule has 3 amide bonds. The van der Waals surface area contributed by atoms with Gasteiger partial charge in [0.2, 0.25) is 11.8 Å². The second-order valence-corrected chi connectivity index (χ2v) is 6.24. The summed E-state index contributed by atoms with van der Waals surface area (Å²) in [7, 11) is 0.